The van der Waals surface area contributed by atoms with Gasteiger partial charge in [0, 0.05) is 35.7 Å². The van der Waals surface area contributed by atoms with Crippen molar-refractivity contribution >= 4 is 17.4 Å². The van der Waals surface area contributed by atoms with Crippen LogP contribution < -0.4 is 9.64 Å². The molecule has 1 heterocycles. The molecule has 4 heteroatoms. The first kappa shape index (κ1) is 17.5. The summed E-state index contributed by atoms with van der Waals surface area (Å²) in [6, 6.07) is 15.6. The molecule has 2 aromatic rings. The average Bonchev–Trinajstić information content (AvgIpc) is 2.68. The first-order valence-electron chi connectivity index (χ1n) is 9.38. The van der Waals surface area contributed by atoms with Crippen LogP contribution in [0.1, 0.15) is 42.7 Å². The van der Waals surface area contributed by atoms with E-state index in [9.17, 15) is 9.59 Å². The number of hydrogen-bond acceptors (Lipinski definition) is 3. The van der Waals surface area contributed by atoms with Gasteiger partial charge in [-0.1, -0.05) is 29.8 Å². The minimum absolute atomic E-state index is 0.0409. The molecule has 1 unspecified atom stereocenters. The maximum absolute atomic E-state index is 13.1. The lowest BCUT2D eigenvalue weighted by Gasteiger charge is -2.38. The molecule has 0 saturated heterocycles. The number of carbonyl (C=O) groups is 2. The van der Waals surface area contributed by atoms with Crippen LogP contribution in [0.5, 0.6) is 5.75 Å². The number of aryl methyl sites for hydroxylation is 1. The Balaban J connectivity index is 1.81. The molecular weight excluding hydrogens is 338 g/mol. The Hall–Kier alpha value is -2.88. The van der Waals surface area contributed by atoms with Crippen molar-refractivity contribution in [1.29, 1.82) is 0 Å². The van der Waals surface area contributed by atoms with Crippen LogP contribution in [0.25, 0.3) is 0 Å². The topological polar surface area (TPSA) is 46.6 Å². The molecule has 4 rings (SSSR count). The summed E-state index contributed by atoms with van der Waals surface area (Å²) in [5.74, 6) is 0.817. The molecule has 4 nitrogen and oxygen atoms in total. The first-order chi connectivity index (χ1) is 13.1. The standard InChI is InChI=1S/C23H23NO3/c1-15-6-8-16(9-7-15)19-14-22(26)24(17-10-12-18(27-2)13-11-17)20-4-3-5-21(25)23(19)20/h6-13,19H,3-5,14H2,1-2H3. The van der Waals surface area contributed by atoms with Crippen molar-refractivity contribution in [3.05, 3.63) is 70.9 Å². The van der Waals surface area contributed by atoms with Gasteiger partial charge in [-0.25, -0.2) is 0 Å². The molecule has 0 radical (unpaired) electrons. The zero-order chi connectivity index (χ0) is 19.0. The van der Waals surface area contributed by atoms with Crippen molar-refractivity contribution < 1.29 is 14.3 Å². The number of anilines is 1. The molecule has 0 spiro atoms. The molecule has 1 amide bonds. The number of Topliss-reactive ketones (excluding diaryl/α,β-unsaturated/α-hetero) is 1. The predicted molar refractivity (Wildman–Crippen MR) is 105 cm³/mol. The second-order valence-electron chi connectivity index (χ2n) is 7.23. The molecule has 2 aliphatic rings. The molecule has 0 bridgehead atoms. The van der Waals surface area contributed by atoms with Gasteiger partial charge in [0.1, 0.15) is 5.75 Å². The van der Waals surface area contributed by atoms with Crippen molar-refractivity contribution in [1.82, 2.24) is 0 Å². The van der Waals surface area contributed by atoms with Gasteiger partial charge in [0.25, 0.3) is 0 Å². The third-order valence-electron chi connectivity index (χ3n) is 5.49. The third-order valence-corrected chi connectivity index (χ3v) is 5.49. The lowest BCUT2D eigenvalue weighted by molar-refractivity contribution is -0.119. The number of methoxy groups -OCH3 is 1. The molecule has 0 saturated carbocycles. The number of ketones is 1. The fraction of sp³-hybridized carbons (Fsp3) is 0.304. The van der Waals surface area contributed by atoms with Crippen molar-refractivity contribution in [2.75, 3.05) is 12.0 Å². The fourth-order valence-electron chi connectivity index (χ4n) is 4.11. The summed E-state index contributed by atoms with van der Waals surface area (Å²) in [7, 11) is 1.62. The highest BCUT2D eigenvalue weighted by molar-refractivity contribution is 6.07. The van der Waals surface area contributed by atoms with E-state index in [1.165, 1.54) is 5.56 Å². The van der Waals surface area contributed by atoms with Crippen molar-refractivity contribution in [2.45, 2.75) is 38.5 Å². The maximum Gasteiger partial charge on any atom is 0.232 e. The van der Waals surface area contributed by atoms with E-state index in [4.69, 9.17) is 4.74 Å². The van der Waals surface area contributed by atoms with Crippen LogP contribution in [0.2, 0.25) is 0 Å². The summed E-state index contributed by atoms with van der Waals surface area (Å²) in [6.07, 6.45) is 2.42. The molecule has 27 heavy (non-hydrogen) atoms. The van der Waals surface area contributed by atoms with Gasteiger partial charge >= 0.3 is 0 Å². The van der Waals surface area contributed by atoms with Gasteiger partial charge < -0.3 is 4.74 Å². The molecule has 1 aliphatic heterocycles. The van der Waals surface area contributed by atoms with Gasteiger partial charge in [-0.2, -0.15) is 0 Å². The largest absolute Gasteiger partial charge is 0.497 e. The van der Waals surface area contributed by atoms with Gasteiger partial charge in [-0.05, 0) is 49.6 Å². The average molecular weight is 361 g/mol. The van der Waals surface area contributed by atoms with E-state index in [0.717, 1.165) is 41.1 Å². The van der Waals surface area contributed by atoms with Gasteiger partial charge in [-0.3, -0.25) is 14.5 Å². The minimum atomic E-state index is -0.143. The number of carbonyl (C=O) groups excluding carboxylic acids is 2. The van der Waals surface area contributed by atoms with E-state index in [2.05, 4.69) is 0 Å². The Labute approximate surface area is 159 Å². The van der Waals surface area contributed by atoms with E-state index in [-0.39, 0.29) is 17.6 Å². The molecule has 0 fully saturated rings. The smallest absolute Gasteiger partial charge is 0.232 e. The molecule has 138 valence electrons. The van der Waals surface area contributed by atoms with Crippen molar-refractivity contribution in [3.8, 4) is 5.75 Å². The highest BCUT2D eigenvalue weighted by Crippen LogP contribution is 2.43. The number of benzene rings is 2. The molecular formula is C23H23NO3. The van der Waals surface area contributed by atoms with Crippen LogP contribution in [0.4, 0.5) is 5.69 Å². The summed E-state index contributed by atoms with van der Waals surface area (Å²) in [5, 5.41) is 0. The van der Waals surface area contributed by atoms with Crippen LogP contribution in [-0.2, 0) is 9.59 Å². The van der Waals surface area contributed by atoms with Crippen LogP contribution >= 0.6 is 0 Å². The Morgan fingerprint density at radius 1 is 0.963 bits per heavy atom. The summed E-state index contributed by atoms with van der Waals surface area (Å²) in [4.78, 5) is 27.7. The second kappa shape index (κ2) is 7.03. The highest BCUT2D eigenvalue weighted by atomic mass is 16.5. The van der Waals surface area contributed by atoms with Crippen LogP contribution in [-0.4, -0.2) is 18.8 Å². The molecule has 0 aromatic heterocycles. The minimum Gasteiger partial charge on any atom is -0.497 e. The predicted octanol–water partition coefficient (Wildman–Crippen LogP) is 4.53. The number of amides is 1. The Morgan fingerprint density at radius 3 is 2.33 bits per heavy atom. The summed E-state index contributed by atoms with van der Waals surface area (Å²) in [6.45, 7) is 2.04. The van der Waals surface area contributed by atoms with Gasteiger partial charge in [0.05, 0.1) is 7.11 Å². The van der Waals surface area contributed by atoms with Crippen LogP contribution in [0, 0.1) is 6.92 Å². The Bertz CT molecular complexity index is 910. The van der Waals surface area contributed by atoms with Crippen LogP contribution in [0.3, 0.4) is 0 Å². The van der Waals surface area contributed by atoms with E-state index in [1.54, 1.807) is 12.0 Å². The zero-order valence-electron chi connectivity index (χ0n) is 15.7. The van der Waals surface area contributed by atoms with E-state index >= 15 is 0 Å². The normalized spacial score (nSPS) is 19.9. The molecule has 1 atom stereocenters. The number of rotatable bonds is 3. The van der Waals surface area contributed by atoms with Crippen LogP contribution in [0.15, 0.2) is 59.8 Å². The highest BCUT2D eigenvalue weighted by Gasteiger charge is 2.39. The Kier molecular flexibility index (Phi) is 4.56. The SMILES string of the molecule is COc1ccc(N2C(=O)CC(c3ccc(C)cc3)C3=C2CCCC3=O)cc1. The van der Waals surface area contributed by atoms with Gasteiger partial charge in [0.2, 0.25) is 5.91 Å². The molecule has 2 aromatic carbocycles. The maximum atomic E-state index is 13.1. The number of ether oxygens (including phenoxy) is 1. The number of hydrogen-bond donors (Lipinski definition) is 0. The lowest BCUT2D eigenvalue weighted by atomic mass is 9.77. The lowest BCUT2D eigenvalue weighted by Crippen LogP contribution is -2.40. The fourth-order valence-corrected chi connectivity index (χ4v) is 4.11. The first-order valence-corrected chi connectivity index (χ1v) is 9.38. The summed E-state index contributed by atoms with van der Waals surface area (Å²) in [5.41, 5.74) is 4.71. The summed E-state index contributed by atoms with van der Waals surface area (Å²) < 4.78 is 5.22. The van der Waals surface area contributed by atoms with E-state index in [0.29, 0.717) is 12.8 Å². The summed E-state index contributed by atoms with van der Waals surface area (Å²) >= 11 is 0. The van der Waals surface area contributed by atoms with Gasteiger partial charge in [-0.15, -0.1) is 0 Å². The zero-order valence-corrected chi connectivity index (χ0v) is 15.7. The Morgan fingerprint density at radius 2 is 1.67 bits per heavy atom. The quantitative estimate of drug-likeness (QED) is 0.807. The number of nitrogens with zero attached hydrogens (tertiary/aromatic N) is 1. The van der Waals surface area contributed by atoms with Crippen molar-refractivity contribution in [2.24, 2.45) is 0 Å². The van der Waals surface area contributed by atoms with E-state index < -0.39 is 0 Å². The monoisotopic (exact) mass is 361 g/mol. The number of allylic oxidation sites excluding steroid dienone is 2. The second-order valence-corrected chi connectivity index (χ2v) is 7.23. The van der Waals surface area contributed by atoms with E-state index in [1.807, 2.05) is 55.5 Å². The molecule has 1 aliphatic carbocycles. The van der Waals surface area contributed by atoms with Gasteiger partial charge in [0.15, 0.2) is 5.78 Å². The van der Waals surface area contributed by atoms with Crippen molar-refractivity contribution in [3.63, 3.8) is 0 Å². The molecule has 0 N–H and O–H groups in total. The third kappa shape index (κ3) is 3.16.